The van der Waals surface area contributed by atoms with Crippen molar-refractivity contribution in [2.75, 3.05) is 26.3 Å². The molecule has 2 aliphatic rings. The van der Waals surface area contributed by atoms with Crippen molar-refractivity contribution in [3.8, 4) is 0 Å². The van der Waals surface area contributed by atoms with Gasteiger partial charge in [0.05, 0.1) is 24.9 Å². The van der Waals surface area contributed by atoms with E-state index in [2.05, 4.69) is 33.3 Å². The molecule has 1 aliphatic heterocycles. The highest BCUT2D eigenvalue weighted by molar-refractivity contribution is 5.06. The van der Waals surface area contributed by atoms with E-state index in [1.807, 2.05) is 6.20 Å². The molecule has 1 aromatic rings. The lowest BCUT2D eigenvalue weighted by Crippen LogP contribution is -2.42. The van der Waals surface area contributed by atoms with Crippen LogP contribution < -0.4 is 0 Å². The first-order valence-corrected chi connectivity index (χ1v) is 7.39. The van der Waals surface area contributed by atoms with E-state index in [9.17, 15) is 0 Å². The van der Waals surface area contributed by atoms with Gasteiger partial charge in [0.1, 0.15) is 0 Å². The molecule has 1 aliphatic carbocycles. The Kier molecular flexibility index (Phi) is 4.30. The lowest BCUT2D eigenvalue weighted by molar-refractivity contribution is -0.0178. The summed E-state index contributed by atoms with van der Waals surface area (Å²) in [6.45, 7) is 3.87. The van der Waals surface area contributed by atoms with Crippen LogP contribution in [-0.4, -0.2) is 41.4 Å². The Morgan fingerprint density at radius 2 is 2.16 bits per heavy atom. The molecule has 1 fully saturated rings. The molecule has 0 bridgehead atoms. The number of rotatable bonds is 3. The van der Waals surface area contributed by atoms with E-state index in [0.29, 0.717) is 6.04 Å². The third-order valence-electron chi connectivity index (χ3n) is 4.26. The molecule has 0 amide bonds. The van der Waals surface area contributed by atoms with Crippen LogP contribution in [0.2, 0.25) is 0 Å². The fourth-order valence-corrected chi connectivity index (χ4v) is 3.15. The maximum Gasteiger partial charge on any atom is 0.0752 e. The second kappa shape index (κ2) is 6.35. The summed E-state index contributed by atoms with van der Waals surface area (Å²) in [7, 11) is 0. The van der Waals surface area contributed by atoms with Gasteiger partial charge in [-0.1, -0.05) is 12.2 Å². The molecule has 1 aromatic heterocycles. The predicted molar refractivity (Wildman–Crippen MR) is 74.8 cm³/mol. The van der Waals surface area contributed by atoms with E-state index < -0.39 is 0 Å². The molecular weight excluding hydrogens is 238 g/mol. The molecule has 0 spiro atoms. The van der Waals surface area contributed by atoms with E-state index in [-0.39, 0.29) is 0 Å². The minimum atomic E-state index is 0.354. The quantitative estimate of drug-likeness (QED) is 0.850. The normalized spacial score (nSPS) is 26.4. The molecule has 1 atom stereocenters. The molecule has 1 saturated heterocycles. The van der Waals surface area contributed by atoms with Crippen LogP contribution in [0, 0.1) is 5.92 Å². The molecule has 104 valence electrons. The van der Waals surface area contributed by atoms with E-state index in [1.165, 1.54) is 37.9 Å². The van der Waals surface area contributed by atoms with Crippen molar-refractivity contribution in [2.45, 2.75) is 31.7 Å². The smallest absolute Gasteiger partial charge is 0.0752 e. The number of aromatic nitrogens is 2. The van der Waals surface area contributed by atoms with E-state index in [4.69, 9.17) is 4.74 Å². The Hall–Kier alpha value is -1.13. The minimum Gasteiger partial charge on any atom is -0.378 e. The molecule has 19 heavy (non-hydrogen) atoms. The van der Waals surface area contributed by atoms with Gasteiger partial charge in [-0.2, -0.15) is 5.10 Å². The summed E-state index contributed by atoms with van der Waals surface area (Å²) in [4.78, 5) is 2.58. The van der Waals surface area contributed by atoms with Gasteiger partial charge in [-0.15, -0.1) is 0 Å². The van der Waals surface area contributed by atoms with Crippen molar-refractivity contribution in [1.82, 2.24) is 15.1 Å². The molecule has 0 radical (unpaired) electrons. The van der Waals surface area contributed by atoms with Crippen molar-refractivity contribution >= 4 is 0 Å². The number of H-pyrrole nitrogens is 1. The Balaban J connectivity index is 1.63. The van der Waals surface area contributed by atoms with E-state index in [1.54, 1.807) is 0 Å². The highest BCUT2D eigenvalue weighted by Crippen LogP contribution is 2.27. The van der Waals surface area contributed by atoms with E-state index in [0.717, 1.165) is 25.7 Å². The summed E-state index contributed by atoms with van der Waals surface area (Å²) in [5.74, 6) is 0.818. The zero-order chi connectivity index (χ0) is 12.9. The van der Waals surface area contributed by atoms with Crippen LogP contribution in [0.15, 0.2) is 24.4 Å². The first-order valence-electron chi connectivity index (χ1n) is 7.39. The molecule has 3 rings (SSSR count). The fourth-order valence-electron chi connectivity index (χ4n) is 3.15. The van der Waals surface area contributed by atoms with Gasteiger partial charge in [0.25, 0.3) is 0 Å². The third-order valence-corrected chi connectivity index (χ3v) is 4.26. The first kappa shape index (κ1) is 12.9. The fraction of sp³-hybridized carbons (Fsp3) is 0.667. The molecule has 0 aromatic carbocycles. The van der Waals surface area contributed by atoms with Crippen LogP contribution in [0.25, 0.3) is 0 Å². The largest absolute Gasteiger partial charge is 0.378 e. The van der Waals surface area contributed by atoms with Gasteiger partial charge in [0.2, 0.25) is 0 Å². The van der Waals surface area contributed by atoms with E-state index >= 15 is 0 Å². The Morgan fingerprint density at radius 1 is 1.32 bits per heavy atom. The van der Waals surface area contributed by atoms with Gasteiger partial charge in [-0.3, -0.25) is 10.00 Å². The monoisotopic (exact) mass is 261 g/mol. The molecule has 1 unspecified atom stereocenters. The maximum absolute atomic E-state index is 5.65. The Labute approximate surface area is 114 Å². The Bertz CT molecular complexity index is 392. The predicted octanol–water partition coefficient (Wildman–Crippen LogP) is 2.53. The number of hydrogen-bond acceptors (Lipinski definition) is 3. The van der Waals surface area contributed by atoms with Gasteiger partial charge < -0.3 is 4.74 Å². The van der Waals surface area contributed by atoms with Gasteiger partial charge in [-0.25, -0.2) is 0 Å². The van der Waals surface area contributed by atoms with Gasteiger partial charge >= 0.3 is 0 Å². The number of morpholine rings is 1. The maximum atomic E-state index is 5.65. The average molecular weight is 261 g/mol. The molecular formula is C15H23N3O. The molecule has 1 N–H and O–H groups in total. The van der Waals surface area contributed by atoms with Gasteiger partial charge in [0.15, 0.2) is 0 Å². The molecule has 4 nitrogen and oxygen atoms in total. The number of nitrogens with one attached hydrogen (secondary N) is 1. The first-order chi connectivity index (χ1) is 9.43. The zero-order valence-electron chi connectivity index (χ0n) is 11.4. The van der Waals surface area contributed by atoms with Crippen LogP contribution in [0.4, 0.5) is 0 Å². The summed E-state index contributed by atoms with van der Waals surface area (Å²) >= 11 is 0. The van der Waals surface area contributed by atoms with Gasteiger partial charge in [-0.05, 0) is 37.7 Å². The standard InChI is InChI=1S/C15H23N3O/c1-2-4-6-13(5-3-1)11-18-9-10-19-12-15(18)14-7-8-16-17-14/h1-2,7-8,13,15H,3-6,9-12H2,(H,16,17). The Morgan fingerprint density at radius 3 is 2.89 bits per heavy atom. The summed E-state index contributed by atoms with van der Waals surface area (Å²) in [5.41, 5.74) is 1.19. The zero-order valence-corrected chi connectivity index (χ0v) is 11.4. The SMILES string of the molecule is C1=CCCC(CN2CCOCC2c2ccn[nH]2)CC1. The number of hydrogen-bond donors (Lipinski definition) is 1. The van der Waals surface area contributed by atoms with Crippen LogP contribution in [-0.2, 0) is 4.74 Å². The lowest BCUT2D eigenvalue weighted by Gasteiger charge is -2.37. The molecule has 0 saturated carbocycles. The summed E-state index contributed by atoms with van der Waals surface area (Å²) < 4.78 is 5.65. The summed E-state index contributed by atoms with van der Waals surface area (Å²) in [6.07, 6.45) is 11.6. The van der Waals surface area contributed by atoms with Gasteiger partial charge in [0, 0.05) is 19.3 Å². The van der Waals surface area contributed by atoms with Crippen molar-refractivity contribution in [3.05, 3.63) is 30.1 Å². The molecule has 2 heterocycles. The number of nitrogens with zero attached hydrogens (tertiary/aromatic N) is 2. The van der Waals surface area contributed by atoms with Crippen molar-refractivity contribution in [2.24, 2.45) is 5.92 Å². The molecule has 4 heteroatoms. The van der Waals surface area contributed by atoms with Crippen LogP contribution in [0.3, 0.4) is 0 Å². The van der Waals surface area contributed by atoms with Crippen LogP contribution >= 0.6 is 0 Å². The third kappa shape index (κ3) is 3.25. The summed E-state index contributed by atoms with van der Waals surface area (Å²) in [5, 5.41) is 7.18. The summed E-state index contributed by atoms with van der Waals surface area (Å²) in [6, 6.07) is 2.42. The number of aromatic amines is 1. The second-order valence-electron chi connectivity index (χ2n) is 5.59. The second-order valence-corrected chi connectivity index (χ2v) is 5.59. The highest BCUT2D eigenvalue weighted by Gasteiger charge is 2.27. The minimum absolute atomic E-state index is 0.354. The number of ether oxygens (including phenoxy) is 1. The highest BCUT2D eigenvalue weighted by atomic mass is 16.5. The van der Waals surface area contributed by atoms with Crippen LogP contribution in [0.1, 0.15) is 37.4 Å². The topological polar surface area (TPSA) is 41.1 Å². The van der Waals surface area contributed by atoms with Crippen molar-refractivity contribution in [3.63, 3.8) is 0 Å². The number of allylic oxidation sites excluding steroid dienone is 2. The van der Waals surface area contributed by atoms with Crippen molar-refractivity contribution < 1.29 is 4.74 Å². The lowest BCUT2D eigenvalue weighted by atomic mass is 9.98. The average Bonchev–Trinajstić information content (AvgIpc) is 2.85. The van der Waals surface area contributed by atoms with Crippen LogP contribution in [0.5, 0.6) is 0 Å². The van der Waals surface area contributed by atoms with Crippen molar-refractivity contribution in [1.29, 1.82) is 0 Å².